The highest BCUT2D eigenvalue weighted by molar-refractivity contribution is 5.95. The van der Waals surface area contributed by atoms with Gasteiger partial charge in [0.25, 0.3) is 0 Å². The third kappa shape index (κ3) is 3.13. The van der Waals surface area contributed by atoms with Crippen LogP contribution >= 0.6 is 0 Å². The number of carboxylic acid groups (broad SMARTS) is 1. The molecule has 0 saturated heterocycles. The number of benzene rings is 2. The first-order chi connectivity index (χ1) is 12.6. The second-order valence-corrected chi connectivity index (χ2v) is 5.66. The number of hydrogen-bond donors (Lipinski definition) is 1. The predicted molar refractivity (Wildman–Crippen MR) is 99.3 cm³/mol. The molecule has 0 aliphatic rings. The molecule has 1 heterocycles. The van der Waals surface area contributed by atoms with E-state index in [1.54, 1.807) is 32.5 Å². The molecule has 6 nitrogen and oxygen atoms in total. The number of para-hydroxylation sites is 1. The van der Waals surface area contributed by atoms with E-state index in [-0.39, 0.29) is 5.56 Å². The molecule has 26 heavy (non-hydrogen) atoms. The summed E-state index contributed by atoms with van der Waals surface area (Å²) in [6.07, 6.45) is 1.60. The number of nitrogens with zero attached hydrogens (tertiary/aromatic N) is 2. The molecule has 0 radical (unpaired) electrons. The van der Waals surface area contributed by atoms with E-state index in [4.69, 9.17) is 9.47 Å². The topological polar surface area (TPSA) is 73.1 Å². The standard InChI is InChI=1S/C20H20N2O4/c1-4-22-12-16(20(23)24)18(21-13-8-6-5-7-9-13)15-10-14(25-2)11-17(26-3)19(15)22/h5-12H,4H2,1-3H3,(H,23,24). The Kier molecular flexibility index (Phi) is 4.93. The molecule has 0 atom stereocenters. The largest absolute Gasteiger partial charge is 0.497 e. The molecular formula is C20H20N2O4. The van der Waals surface area contributed by atoms with Crippen molar-refractivity contribution in [2.24, 2.45) is 4.99 Å². The average Bonchev–Trinajstić information content (AvgIpc) is 2.67. The number of fused-ring (bicyclic) bond motifs is 1. The van der Waals surface area contributed by atoms with Gasteiger partial charge in [-0.3, -0.25) is 0 Å². The molecule has 0 unspecified atom stereocenters. The molecule has 0 saturated carbocycles. The van der Waals surface area contributed by atoms with Crippen molar-refractivity contribution in [1.82, 2.24) is 4.57 Å². The van der Waals surface area contributed by atoms with Crippen LogP contribution in [-0.2, 0) is 6.54 Å². The smallest absolute Gasteiger partial charge is 0.339 e. The van der Waals surface area contributed by atoms with Gasteiger partial charge in [-0.1, -0.05) is 18.2 Å². The van der Waals surface area contributed by atoms with Gasteiger partial charge in [-0.05, 0) is 25.1 Å². The number of methoxy groups -OCH3 is 2. The first-order valence-electron chi connectivity index (χ1n) is 8.21. The van der Waals surface area contributed by atoms with Crippen LogP contribution in [0.3, 0.4) is 0 Å². The minimum absolute atomic E-state index is 0.124. The number of aryl methyl sites for hydroxylation is 1. The number of pyridine rings is 1. The summed E-state index contributed by atoms with van der Waals surface area (Å²) in [5.74, 6) is 0.136. The van der Waals surface area contributed by atoms with E-state index in [1.165, 1.54) is 0 Å². The second-order valence-electron chi connectivity index (χ2n) is 5.66. The number of hydrogen-bond acceptors (Lipinski definition) is 4. The van der Waals surface area contributed by atoms with Gasteiger partial charge < -0.3 is 19.1 Å². The van der Waals surface area contributed by atoms with Gasteiger partial charge in [0.15, 0.2) is 0 Å². The maximum absolute atomic E-state index is 11.9. The van der Waals surface area contributed by atoms with Crippen molar-refractivity contribution in [3.8, 4) is 11.5 Å². The molecule has 2 aromatic carbocycles. The van der Waals surface area contributed by atoms with Crippen LogP contribution in [0.4, 0.5) is 5.69 Å². The van der Waals surface area contributed by atoms with Gasteiger partial charge in [0.1, 0.15) is 17.1 Å². The molecule has 0 aliphatic heterocycles. The van der Waals surface area contributed by atoms with Crippen molar-refractivity contribution in [2.45, 2.75) is 13.5 Å². The van der Waals surface area contributed by atoms with Crippen LogP contribution in [0, 0.1) is 0 Å². The Labute approximate surface area is 151 Å². The molecule has 3 rings (SSSR count). The Morgan fingerprint density at radius 2 is 1.88 bits per heavy atom. The molecule has 0 spiro atoms. The highest BCUT2D eigenvalue weighted by atomic mass is 16.5. The summed E-state index contributed by atoms with van der Waals surface area (Å²) >= 11 is 0. The monoisotopic (exact) mass is 352 g/mol. The van der Waals surface area contributed by atoms with Gasteiger partial charge in [-0.25, -0.2) is 9.79 Å². The Hall–Kier alpha value is -3.28. The third-order valence-corrected chi connectivity index (χ3v) is 4.15. The fourth-order valence-corrected chi connectivity index (χ4v) is 2.92. The molecule has 0 bridgehead atoms. The summed E-state index contributed by atoms with van der Waals surface area (Å²) in [5, 5.41) is 10.8. The Morgan fingerprint density at radius 1 is 1.15 bits per heavy atom. The summed E-state index contributed by atoms with van der Waals surface area (Å²) in [6.45, 7) is 2.54. The van der Waals surface area contributed by atoms with E-state index < -0.39 is 5.97 Å². The molecule has 1 aromatic heterocycles. The average molecular weight is 352 g/mol. The van der Waals surface area contributed by atoms with Gasteiger partial charge in [-0.2, -0.15) is 0 Å². The lowest BCUT2D eigenvalue weighted by molar-refractivity contribution is 0.0694. The zero-order valence-electron chi connectivity index (χ0n) is 14.9. The number of rotatable bonds is 5. The Balaban J connectivity index is 2.53. The molecule has 0 aliphatic carbocycles. The summed E-state index contributed by atoms with van der Waals surface area (Å²) in [7, 11) is 3.14. The van der Waals surface area contributed by atoms with E-state index in [9.17, 15) is 9.90 Å². The van der Waals surface area contributed by atoms with Crippen molar-refractivity contribution >= 4 is 22.6 Å². The van der Waals surface area contributed by atoms with E-state index in [0.29, 0.717) is 34.5 Å². The minimum atomic E-state index is -1.04. The van der Waals surface area contributed by atoms with Crippen LogP contribution < -0.4 is 14.8 Å². The predicted octanol–water partition coefficient (Wildman–Crippen LogP) is 3.61. The Bertz CT molecular complexity index is 1020. The van der Waals surface area contributed by atoms with Gasteiger partial charge in [0.05, 0.1) is 30.8 Å². The van der Waals surface area contributed by atoms with E-state index in [2.05, 4.69) is 4.99 Å². The van der Waals surface area contributed by atoms with Crippen LogP contribution in [0.2, 0.25) is 0 Å². The van der Waals surface area contributed by atoms with E-state index in [1.807, 2.05) is 41.8 Å². The molecule has 1 N–H and O–H groups in total. The number of aromatic nitrogens is 1. The summed E-state index contributed by atoms with van der Waals surface area (Å²) < 4.78 is 12.7. The van der Waals surface area contributed by atoms with Crippen LogP contribution in [0.1, 0.15) is 17.3 Å². The third-order valence-electron chi connectivity index (χ3n) is 4.15. The summed E-state index contributed by atoms with van der Waals surface area (Å²) in [4.78, 5) is 16.5. The fourth-order valence-electron chi connectivity index (χ4n) is 2.92. The lowest BCUT2D eigenvalue weighted by Crippen LogP contribution is -2.20. The van der Waals surface area contributed by atoms with Gasteiger partial charge in [0, 0.05) is 24.2 Å². The number of aromatic carboxylic acids is 1. The minimum Gasteiger partial charge on any atom is -0.497 e. The summed E-state index contributed by atoms with van der Waals surface area (Å²) in [6, 6.07) is 12.8. The van der Waals surface area contributed by atoms with Gasteiger partial charge in [0.2, 0.25) is 0 Å². The highest BCUT2D eigenvalue weighted by Crippen LogP contribution is 2.30. The molecule has 0 amide bonds. The SMILES string of the molecule is CCn1cc(C(=O)O)c(=Nc2ccccc2)c2cc(OC)cc(OC)c21. The maximum Gasteiger partial charge on any atom is 0.339 e. The van der Waals surface area contributed by atoms with Crippen molar-refractivity contribution in [3.05, 3.63) is 59.6 Å². The van der Waals surface area contributed by atoms with Gasteiger partial charge >= 0.3 is 5.97 Å². The molecule has 3 aromatic rings. The van der Waals surface area contributed by atoms with Crippen molar-refractivity contribution in [2.75, 3.05) is 14.2 Å². The van der Waals surface area contributed by atoms with Crippen molar-refractivity contribution in [3.63, 3.8) is 0 Å². The lowest BCUT2D eigenvalue weighted by Gasteiger charge is -2.16. The maximum atomic E-state index is 11.9. The Morgan fingerprint density at radius 3 is 2.46 bits per heavy atom. The first kappa shape index (κ1) is 17.5. The zero-order chi connectivity index (χ0) is 18.7. The number of carbonyl (C=O) groups is 1. The molecule has 6 heteroatoms. The second kappa shape index (κ2) is 7.31. The normalized spacial score (nSPS) is 11.6. The van der Waals surface area contributed by atoms with Crippen molar-refractivity contribution < 1.29 is 19.4 Å². The quantitative estimate of drug-likeness (QED) is 0.761. The zero-order valence-corrected chi connectivity index (χ0v) is 14.9. The number of carboxylic acids is 1. The van der Waals surface area contributed by atoms with E-state index in [0.717, 1.165) is 5.52 Å². The van der Waals surface area contributed by atoms with E-state index >= 15 is 0 Å². The van der Waals surface area contributed by atoms with Crippen LogP contribution in [0.15, 0.2) is 53.7 Å². The van der Waals surface area contributed by atoms with Crippen LogP contribution in [-0.4, -0.2) is 29.9 Å². The highest BCUT2D eigenvalue weighted by Gasteiger charge is 2.17. The van der Waals surface area contributed by atoms with Crippen molar-refractivity contribution in [1.29, 1.82) is 0 Å². The molecular weight excluding hydrogens is 332 g/mol. The van der Waals surface area contributed by atoms with Gasteiger partial charge in [-0.15, -0.1) is 0 Å². The molecule has 134 valence electrons. The first-order valence-corrected chi connectivity index (χ1v) is 8.21. The molecule has 0 fully saturated rings. The summed E-state index contributed by atoms with van der Waals surface area (Å²) in [5.41, 5.74) is 1.57. The van der Waals surface area contributed by atoms with Crippen LogP contribution in [0.25, 0.3) is 10.9 Å². The lowest BCUT2D eigenvalue weighted by atomic mass is 10.1. The fraction of sp³-hybridized carbons (Fsp3) is 0.200. The number of ether oxygens (including phenoxy) is 2. The van der Waals surface area contributed by atoms with Crippen LogP contribution in [0.5, 0.6) is 11.5 Å².